The number of halogens is 3. The molecule has 0 saturated carbocycles. The molecular weight excluding hydrogens is 257 g/mol. The number of benzene rings is 1. The van der Waals surface area contributed by atoms with Crippen molar-refractivity contribution in [2.24, 2.45) is 0 Å². The molecular formula is C14H17F3O2. The quantitative estimate of drug-likeness (QED) is 0.909. The van der Waals surface area contributed by atoms with E-state index in [2.05, 4.69) is 0 Å². The van der Waals surface area contributed by atoms with Crippen molar-refractivity contribution < 1.29 is 23.0 Å². The van der Waals surface area contributed by atoms with Crippen LogP contribution in [-0.2, 0) is 12.0 Å². The third-order valence-corrected chi connectivity index (χ3v) is 3.42. The average Bonchev–Trinajstić information content (AvgIpc) is 2.73. The predicted octanol–water partition coefficient (Wildman–Crippen LogP) is 3.56. The maximum Gasteiger partial charge on any atom is 0.389 e. The van der Waals surface area contributed by atoms with E-state index < -0.39 is 18.2 Å². The maximum absolute atomic E-state index is 12.1. The van der Waals surface area contributed by atoms with Gasteiger partial charge < -0.3 is 9.84 Å². The van der Waals surface area contributed by atoms with Crippen LogP contribution >= 0.6 is 0 Å². The third-order valence-electron chi connectivity index (χ3n) is 3.42. The molecule has 0 radical (unpaired) electrons. The van der Waals surface area contributed by atoms with Crippen LogP contribution in [0.2, 0.25) is 0 Å². The molecule has 0 saturated heterocycles. The van der Waals surface area contributed by atoms with E-state index in [9.17, 15) is 18.3 Å². The highest BCUT2D eigenvalue weighted by Gasteiger charge is 2.32. The molecule has 0 aromatic heterocycles. The summed E-state index contributed by atoms with van der Waals surface area (Å²) in [5, 5.41) is 10.4. The van der Waals surface area contributed by atoms with Crippen LogP contribution in [0.25, 0.3) is 0 Å². The van der Waals surface area contributed by atoms with E-state index >= 15 is 0 Å². The minimum Gasteiger partial charge on any atom is -0.493 e. The van der Waals surface area contributed by atoms with Crippen LogP contribution in [0.3, 0.4) is 0 Å². The van der Waals surface area contributed by atoms with Gasteiger partial charge in [-0.3, -0.25) is 0 Å². The monoisotopic (exact) mass is 274 g/mol. The molecule has 0 amide bonds. The zero-order chi connectivity index (χ0) is 14.1. The fourth-order valence-corrected chi connectivity index (χ4v) is 2.41. The number of fused-ring (bicyclic) bond motifs is 1. The van der Waals surface area contributed by atoms with Gasteiger partial charge in [0.2, 0.25) is 0 Å². The molecule has 5 heteroatoms. The van der Waals surface area contributed by atoms with Crippen molar-refractivity contribution in [1.29, 1.82) is 0 Å². The first-order chi connectivity index (χ1) is 8.80. The Morgan fingerprint density at radius 3 is 2.68 bits per heavy atom. The minimum atomic E-state index is -4.18. The summed E-state index contributed by atoms with van der Waals surface area (Å²) in [7, 11) is 0. The topological polar surface area (TPSA) is 29.5 Å². The van der Waals surface area contributed by atoms with Crippen LogP contribution < -0.4 is 4.74 Å². The summed E-state index contributed by atoms with van der Waals surface area (Å²) < 4.78 is 41.9. The highest BCUT2D eigenvalue weighted by Crippen LogP contribution is 2.39. The Kier molecular flexibility index (Phi) is 3.76. The number of para-hydroxylation sites is 1. The molecule has 0 fully saturated rings. The Bertz CT molecular complexity index is 452. The minimum absolute atomic E-state index is 0.0618. The Balaban J connectivity index is 2.09. The van der Waals surface area contributed by atoms with Crippen LogP contribution in [0.4, 0.5) is 13.2 Å². The molecule has 1 aliphatic rings. The lowest BCUT2D eigenvalue weighted by Gasteiger charge is -2.26. The normalized spacial score (nSPS) is 17.7. The standard InChI is InChI=1S/C14H17F3O2/c1-13(18,7-3-8-14(15,16)17)11-5-2-4-10-6-9-19-12(10)11/h2,4-5,18H,3,6-9H2,1H3. The second kappa shape index (κ2) is 5.04. The van der Waals surface area contributed by atoms with E-state index in [1.165, 1.54) is 0 Å². The van der Waals surface area contributed by atoms with E-state index in [1.54, 1.807) is 19.1 Å². The van der Waals surface area contributed by atoms with E-state index in [0.717, 1.165) is 12.0 Å². The van der Waals surface area contributed by atoms with Crippen molar-refractivity contribution in [3.8, 4) is 5.75 Å². The highest BCUT2D eigenvalue weighted by atomic mass is 19.4. The maximum atomic E-state index is 12.1. The Morgan fingerprint density at radius 2 is 2.00 bits per heavy atom. The van der Waals surface area contributed by atoms with Crippen molar-refractivity contribution in [3.63, 3.8) is 0 Å². The molecule has 1 unspecified atom stereocenters. The summed E-state index contributed by atoms with van der Waals surface area (Å²) >= 11 is 0. The number of hydrogen-bond donors (Lipinski definition) is 1. The van der Waals surface area contributed by atoms with Gasteiger partial charge in [-0.25, -0.2) is 0 Å². The van der Waals surface area contributed by atoms with Gasteiger partial charge in [-0.1, -0.05) is 18.2 Å². The summed E-state index contributed by atoms with van der Waals surface area (Å²) in [4.78, 5) is 0. The molecule has 1 atom stereocenters. The van der Waals surface area contributed by atoms with E-state index in [-0.39, 0.29) is 12.8 Å². The van der Waals surface area contributed by atoms with E-state index in [0.29, 0.717) is 17.9 Å². The molecule has 2 nitrogen and oxygen atoms in total. The van der Waals surface area contributed by atoms with Crippen molar-refractivity contribution in [1.82, 2.24) is 0 Å². The molecule has 0 bridgehead atoms. The summed E-state index contributed by atoms with van der Waals surface area (Å²) in [6, 6.07) is 5.44. The summed E-state index contributed by atoms with van der Waals surface area (Å²) in [5.74, 6) is 0.638. The van der Waals surface area contributed by atoms with Gasteiger partial charge in [0.1, 0.15) is 5.75 Å². The van der Waals surface area contributed by atoms with E-state index in [4.69, 9.17) is 4.74 Å². The molecule has 1 aliphatic heterocycles. The summed E-state index contributed by atoms with van der Waals surface area (Å²) in [6.07, 6.45) is -4.31. The molecule has 106 valence electrons. The second-order valence-corrected chi connectivity index (χ2v) is 5.13. The van der Waals surface area contributed by atoms with Crippen LogP contribution in [0.5, 0.6) is 5.75 Å². The molecule has 1 heterocycles. The molecule has 19 heavy (non-hydrogen) atoms. The van der Waals surface area contributed by atoms with Crippen molar-refractivity contribution in [2.75, 3.05) is 6.61 Å². The fourth-order valence-electron chi connectivity index (χ4n) is 2.41. The lowest BCUT2D eigenvalue weighted by molar-refractivity contribution is -0.137. The fraction of sp³-hybridized carbons (Fsp3) is 0.571. The first-order valence-electron chi connectivity index (χ1n) is 6.34. The summed E-state index contributed by atoms with van der Waals surface area (Å²) in [6.45, 7) is 2.10. The number of aliphatic hydroxyl groups is 1. The van der Waals surface area contributed by atoms with Crippen LogP contribution in [0.15, 0.2) is 18.2 Å². The van der Waals surface area contributed by atoms with Gasteiger partial charge in [0.15, 0.2) is 0 Å². The Hall–Kier alpha value is -1.23. The van der Waals surface area contributed by atoms with Gasteiger partial charge in [0, 0.05) is 18.4 Å². The zero-order valence-electron chi connectivity index (χ0n) is 10.8. The Morgan fingerprint density at radius 1 is 1.26 bits per heavy atom. The molecule has 1 N–H and O–H groups in total. The number of hydrogen-bond acceptors (Lipinski definition) is 2. The van der Waals surface area contributed by atoms with Crippen molar-refractivity contribution in [2.45, 2.75) is 44.4 Å². The molecule has 2 rings (SSSR count). The SMILES string of the molecule is CC(O)(CCCC(F)(F)F)c1cccc2c1OCC2. The Labute approximate surface area is 110 Å². The lowest BCUT2D eigenvalue weighted by Crippen LogP contribution is -2.23. The lowest BCUT2D eigenvalue weighted by atomic mass is 9.88. The molecule has 1 aromatic carbocycles. The second-order valence-electron chi connectivity index (χ2n) is 5.13. The summed E-state index contributed by atoms with van der Waals surface area (Å²) in [5.41, 5.74) is 0.305. The zero-order valence-corrected chi connectivity index (χ0v) is 10.8. The van der Waals surface area contributed by atoms with E-state index in [1.807, 2.05) is 6.07 Å². The van der Waals surface area contributed by atoms with Gasteiger partial charge in [-0.15, -0.1) is 0 Å². The van der Waals surface area contributed by atoms with Crippen molar-refractivity contribution >= 4 is 0 Å². The van der Waals surface area contributed by atoms with Gasteiger partial charge in [-0.05, 0) is 25.3 Å². The largest absolute Gasteiger partial charge is 0.493 e. The average molecular weight is 274 g/mol. The number of ether oxygens (including phenoxy) is 1. The molecule has 1 aromatic rings. The first kappa shape index (κ1) is 14.2. The van der Waals surface area contributed by atoms with Crippen LogP contribution in [-0.4, -0.2) is 17.9 Å². The highest BCUT2D eigenvalue weighted by molar-refractivity contribution is 5.46. The molecule has 0 spiro atoms. The van der Waals surface area contributed by atoms with Gasteiger partial charge in [0.25, 0.3) is 0 Å². The van der Waals surface area contributed by atoms with Crippen molar-refractivity contribution in [3.05, 3.63) is 29.3 Å². The van der Waals surface area contributed by atoms with Crippen LogP contribution in [0.1, 0.15) is 37.3 Å². The third kappa shape index (κ3) is 3.41. The van der Waals surface area contributed by atoms with Crippen LogP contribution in [0, 0.1) is 0 Å². The van der Waals surface area contributed by atoms with Gasteiger partial charge in [0.05, 0.1) is 12.2 Å². The number of alkyl halides is 3. The van der Waals surface area contributed by atoms with Gasteiger partial charge >= 0.3 is 6.18 Å². The van der Waals surface area contributed by atoms with Gasteiger partial charge in [-0.2, -0.15) is 13.2 Å². The molecule has 0 aliphatic carbocycles. The predicted molar refractivity (Wildman–Crippen MR) is 65.1 cm³/mol. The number of rotatable bonds is 4. The smallest absolute Gasteiger partial charge is 0.389 e. The first-order valence-corrected chi connectivity index (χ1v) is 6.34.